The summed E-state index contributed by atoms with van der Waals surface area (Å²) < 4.78 is 38.0. The Hall–Kier alpha value is -1.56. The third kappa shape index (κ3) is 3.20. The average Bonchev–Trinajstić information content (AvgIpc) is 2.97. The number of nitrogens with zero attached hydrogens (tertiary/aromatic N) is 2. The Balaban J connectivity index is 1.68. The van der Waals surface area contributed by atoms with Crippen LogP contribution in [-0.2, 0) is 0 Å². The molecule has 0 spiro atoms. The number of benzene rings is 1. The standard InChI is InChI=1S/C15H15F3N2S/c16-15(17,18)12-6-8-20(9-7-12)14-19-10-13(21-14)11-4-2-1-3-5-11/h1-5,10,12H,6-9H2. The maximum atomic E-state index is 12.7. The molecule has 1 aromatic heterocycles. The van der Waals surface area contributed by atoms with Gasteiger partial charge in [0.2, 0.25) is 0 Å². The van der Waals surface area contributed by atoms with Crippen LogP contribution in [0.15, 0.2) is 36.5 Å². The highest BCUT2D eigenvalue weighted by atomic mass is 32.1. The zero-order chi connectivity index (χ0) is 14.9. The number of piperidine rings is 1. The summed E-state index contributed by atoms with van der Waals surface area (Å²) in [6, 6.07) is 9.89. The van der Waals surface area contributed by atoms with Gasteiger partial charge in [0, 0.05) is 19.3 Å². The quantitative estimate of drug-likeness (QED) is 0.806. The molecule has 2 heterocycles. The highest BCUT2D eigenvalue weighted by Gasteiger charge is 2.41. The van der Waals surface area contributed by atoms with Gasteiger partial charge in [0.1, 0.15) is 0 Å². The Labute approximate surface area is 125 Å². The van der Waals surface area contributed by atoms with E-state index in [2.05, 4.69) is 4.98 Å². The maximum absolute atomic E-state index is 12.7. The second-order valence-corrected chi connectivity index (χ2v) is 6.19. The van der Waals surface area contributed by atoms with Crippen molar-refractivity contribution in [3.05, 3.63) is 36.5 Å². The summed E-state index contributed by atoms with van der Waals surface area (Å²) in [7, 11) is 0. The van der Waals surface area contributed by atoms with Crippen LogP contribution in [-0.4, -0.2) is 24.2 Å². The Bertz CT molecular complexity index is 586. The molecule has 6 heteroatoms. The number of hydrogen-bond acceptors (Lipinski definition) is 3. The van der Waals surface area contributed by atoms with E-state index in [0.29, 0.717) is 13.1 Å². The molecule has 0 amide bonds. The van der Waals surface area contributed by atoms with Crippen molar-refractivity contribution in [2.75, 3.05) is 18.0 Å². The van der Waals surface area contributed by atoms with Crippen LogP contribution in [0.3, 0.4) is 0 Å². The normalized spacial score (nSPS) is 17.2. The predicted octanol–water partition coefficient (Wildman–Crippen LogP) is 4.59. The molecule has 2 nitrogen and oxygen atoms in total. The third-order valence-electron chi connectivity index (χ3n) is 3.78. The van der Waals surface area contributed by atoms with E-state index in [1.807, 2.05) is 35.2 Å². The monoisotopic (exact) mass is 312 g/mol. The molecule has 2 aromatic rings. The summed E-state index contributed by atoms with van der Waals surface area (Å²) >= 11 is 1.53. The Morgan fingerprint density at radius 3 is 2.38 bits per heavy atom. The molecule has 1 aliphatic rings. The van der Waals surface area contributed by atoms with E-state index >= 15 is 0 Å². The molecule has 1 aromatic carbocycles. The Morgan fingerprint density at radius 2 is 1.76 bits per heavy atom. The summed E-state index contributed by atoms with van der Waals surface area (Å²) in [5, 5.41) is 0.814. The Morgan fingerprint density at radius 1 is 1.10 bits per heavy atom. The van der Waals surface area contributed by atoms with E-state index in [9.17, 15) is 13.2 Å². The van der Waals surface area contributed by atoms with Gasteiger partial charge in [-0.3, -0.25) is 0 Å². The minimum absolute atomic E-state index is 0.156. The number of thiazole rings is 1. The number of hydrogen-bond donors (Lipinski definition) is 0. The topological polar surface area (TPSA) is 16.1 Å². The second kappa shape index (κ2) is 5.67. The fourth-order valence-corrected chi connectivity index (χ4v) is 3.52. The van der Waals surface area contributed by atoms with Crippen molar-refractivity contribution in [3.63, 3.8) is 0 Å². The van der Waals surface area contributed by atoms with Gasteiger partial charge in [0.05, 0.1) is 10.8 Å². The first-order chi connectivity index (χ1) is 10.0. The zero-order valence-corrected chi connectivity index (χ0v) is 12.1. The second-order valence-electron chi connectivity index (χ2n) is 5.18. The summed E-state index contributed by atoms with van der Waals surface area (Å²) in [6.07, 6.45) is -1.96. The van der Waals surface area contributed by atoms with Gasteiger partial charge in [-0.05, 0) is 18.4 Å². The summed E-state index contributed by atoms with van der Waals surface area (Å²) in [5.74, 6) is -1.16. The maximum Gasteiger partial charge on any atom is 0.391 e. The molecule has 0 aliphatic carbocycles. The van der Waals surface area contributed by atoms with Crippen LogP contribution in [0.1, 0.15) is 12.8 Å². The SMILES string of the molecule is FC(F)(F)C1CCN(c2ncc(-c3ccccc3)s2)CC1. The fourth-order valence-electron chi connectivity index (χ4n) is 2.55. The minimum atomic E-state index is -4.07. The average molecular weight is 312 g/mol. The predicted molar refractivity (Wildman–Crippen MR) is 78.5 cm³/mol. The molecule has 0 bridgehead atoms. The smallest absolute Gasteiger partial charge is 0.348 e. The molecule has 1 fully saturated rings. The van der Waals surface area contributed by atoms with Gasteiger partial charge in [0.25, 0.3) is 0 Å². The molecular formula is C15H15F3N2S. The molecule has 1 saturated heterocycles. The van der Waals surface area contributed by atoms with E-state index in [1.165, 1.54) is 11.3 Å². The molecular weight excluding hydrogens is 297 g/mol. The minimum Gasteiger partial charge on any atom is -0.348 e. The first-order valence-corrected chi connectivity index (χ1v) is 7.68. The summed E-state index contributed by atoms with van der Waals surface area (Å²) in [5.41, 5.74) is 1.09. The van der Waals surface area contributed by atoms with Gasteiger partial charge in [-0.15, -0.1) is 0 Å². The lowest BCUT2D eigenvalue weighted by atomic mass is 9.97. The Kier molecular flexibility index (Phi) is 3.89. The lowest BCUT2D eigenvalue weighted by Crippen LogP contribution is -2.38. The fraction of sp³-hybridized carbons (Fsp3) is 0.400. The van der Waals surface area contributed by atoms with E-state index in [1.54, 1.807) is 6.20 Å². The van der Waals surface area contributed by atoms with Crippen LogP contribution >= 0.6 is 11.3 Å². The number of alkyl halides is 3. The number of anilines is 1. The van der Waals surface area contributed by atoms with E-state index < -0.39 is 12.1 Å². The largest absolute Gasteiger partial charge is 0.391 e. The molecule has 0 radical (unpaired) electrons. The van der Waals surface area contributed by atoms with Gasteiger partial charge >= 0.3 is 6.18 Å². The lowest BCUT2D eigenvalue weighted by Gasteiger charge is -2.32. The van der Waals surface area contributed by atoms with Crippen LogP contribution < -0.4 is 4.90 Å². The van der Waals surface area contributed by atoms with Crippen molar-refractivity contribution in [1.29, 1.82) is 0 Å². The van der Waals surface area contributed by atoms with Gasteiger partial charge in [-0.2, -0.15) is 13.2 Å². The van der Waals surface area contributed by atoms with Crippen LogP contribution in [0.5, 0.6) is 0 Å². The van der Waals surface area contributed by atoms with Crippen molar-refractivity contribution < 1.29 is 13.2 Å². The highest BCUT2D eigenvalue weighted by Crippen LogP contribution is 2.37. The molecule has 0 unspecified atom stereocenters. The van der Waals surface area contributed by atoms with Crippen molar-refractivity contribution >= 4 is 16.5 Å². The summed E-state index contributed by atoms with van der Waals surface area (Å²) in [6.45, 7) is 0.845. The van der Waals surface area contributed by atoms with Crippen molar-refractivity contribution in [3.8, 4) is 10.4 Å². The van der Waals surface area contributed by atoms with Crippen LogP contribution in [0, 0.1) is 5.92 Å². The lowest BCUT2D eigenvalue weighted by molar-refractivity contribution is -0.179. The molecule has 3 rings (SSSR count). The van der Waals surface area contributed by atoms with Crippen LogP contribution in [0.4, 0.5) is 18.3 Å². The number of halogens is 3. The van der Waals surface area contributed by atoms with Crippen molar-refractivity contribution in [1.82, 2.24) is 4.98 Å². The van der Waals surface area contributed by atoms with E-state index in [-0.39, 0.29) is 12.8 Å². The first-order valence-electron chi connectivity index (χ1n) is 6.87. The molecule has 21 heavy (non-hydrogen) atoms. The molecule has 1 aliphatic heterocycles. The van der Waals surface area contributed by atoms with Gasteiger partial charge in [0.15, 0.2) is 5.13 Å². The van der Waals surface area contributed by atoms with Crippen LogP contribution in [0.2, 0.25) is 0 Å². The first kappa shape index (κ1) is 14.4. The number of aromatic nitrogens is 1. The molecule has 0 saturated carbocycles. The zero-order valence-electron chi connectivity index (χ0n) is 11.3. The van der Waals surface area contributed by atoms with Gasteiger partial charge in [-0.25, -0.2) is 4.98 Å². The van der Waals surface area contributed by atoms with Crippen LogP contribution in [0.25, 0.3) is 10.4 Å². The van der Waals surface area contributed by atoms with E-state index in [4.69, 9.17) is 0 Å². The molecule has 0 N–H and O–H groups in total. The number of rotatable bonds is 2. The molecule has 0 atom stereocenters. The van der Waals surface area contributed by atoms with Gasteiger partial charge < -0.3 is 4.90 Å². The highest BCUT2D eigenvalue weighted by molar-refractivity contribution is 7.18. The van der Waals surface area contributed by atoms with Crippen molar-refractivity contribution in [2.24, 2.45) is 5.92 Å². The van der Waals surface area contributed by atoms with Gasteiger partial charge in [-0.1, -0.05) is 41.7 Å². The summed E-state index contributed by atoms with van der Waals surface area (Å²) in [4.78, 5) is 7.37. The van der Waals surface area contributed by atoms with E-state index in [0.717, 1.165) is 15.6 Å². The third-order valence-corrected chi connectivity index (χ3v) is 4.89. The molecule has 112 valence electrons. The van der Waals surface area contributed by atoms with Crippen molar-refractivity contribution in [2.45, 2.75) is 19.0 Å².